The quantitative estimate of drug-likeness (QED) is 0.878. The third-order valence-corrected chi connectivity index (χ3v) is 2.47. The van der Waals surface area contributed by atoms with Gasteiger partial charge in [0, 0.05) is 19.3 Å². The number of alkyl halides is 3. The Morgan fingerprint density at radius 1 is 1.29 bits per heavy atom. The number of benzene rings is 1. The molecule has 0 amide bonds. The molecule has 1 aromatic carbocycles. The highest BCUT2D eigenvalue weighted by Gasteiger charge is 2.29. The van der Waals surface area contributed by atoms with Crippen LogP contribution in [-0.4, -0.2) is 26.8 Å². The molecule has 0 bridgehead atoms. The molecule has 1 aromatic rings. The van der Waals surface area contributed by atoms with E-state index < -0.39 is 12.7 Å². The maximum absolute atomic E-state index is 12.3. The second-order valence-corrected chi connectivity index (χ2v) is 4.12. The van der Waals surface area contributed by atoms with Gasteiger partial charge in [-0.25, -0.2) is 0 Å². The van der Waals surface area contributed by atoms with Gasteiger partial charge in [-0.1, -0.05) is 12.1 Å². The number of nitrogens with one attached hydrogen (secondary N) is 1. The minimum Gasteiger partial charge on any atom is -0.366 e. The van der Waals surface area contributed by atoms with Crippen LogP contribution in [0.25, 0.3) is 0 Å². The molecule has 0 radical (unpaired) electrons. The lowest BCUT2D eigenvalue weighted by Crippen LogP contribution is -2.31. The van der Waals surface area contributed by atoms with Crippen LogP contribution in [0.3, 0.4) is 0 Å². The monoisotopic (exact) mass is 246 g/mol. The van der Waals surface area contributed by atoms with E-state index in [0.29, 0.717) is 12.2 Å². The molecule has 0 aliphatic carbocycles. The van der Waals surface area contributed by atoms with E-state index in [4.69, 9.17) is 0 Å². The summed E-state index contributed by atoms with van der Waals surface area (Å²) >= 11 is 0. The molecule has 0 heterocycles. The largest absolute Gasteiger partial charge is 0.405 e. The normalized spacial score (nSPS) is 11.6. The highest BCUT2D eigenvalue weighted by Crippen LogP contribution is 2.24. The molecule has 0 unspecified atom stereocenters. The summed E-state index contributed by atoms with van der Waals surface area (Å²) in [6.45, 7) is 1.60. The topological polar surface area (TPSA) is 15.3 Å². The van der Waals surface area contributed by atoms with Crippen LogP contribution in [-0.2, 0) is 6.54 Å². The van der Waals surface area contributed by atoms with Crippen LogP contribution in [0.15, 0.2) is 18.2 Å². The van der Waals surface area contributed by atoms with E-state index in [0.717, 1.165) is 11.1 Å². The lowest BCUT2D eigenvalue weighted by molar-refractivity contribution is -0.119. The molecule has 1 rings (SSSR count). The average Bonchev–Trinajstić information content (AvgIpc) is 2.15. The van der Waals surface area contributed by atoms with Crippen molar-refractivity contribution in [2.24, 2.45) is 0 Å². The number of hydrogen-bond donors (Lipinski definition) is 1. The summed E-state index contributed by atoms with van der Waals surface area (Å²) in [6, 6.07) is 5.47. The zero-order chi connectivity index (χ0) is 13.1. The number of hydrogen-bond acceptors (Lipinski definition) is 2. The van der Waals surface area contributed by atoms with Crippen molar-refractivity contribution in [2.45, 2.75) is 19.6 Å². The fourth-order valence-electron chi connectivity index (χ4n) is 1.81. The zero-order valence-electron chi connectivity index (χ0n) is 10.2. The van der Waals surface area contributed by atoms with Crippen molar-refractivity contribution in [1.29, 1.82) is 0 Å². The predicted octanol–water partition coefficient (Wildman–Crippen LogP) is 2.71. The molecule has 0 fully saturated rings. The smallest absolute Gasteiger partial charge is 0.366 e. The first-order valence-corrected chi connectivity index (χ1v) is 5.35. The van der Waals surface area contributed by atoms with E-state index in [2.05, 4.69) is 5.32 Å². The van der Waals surface area contributed by atoms with Crippen molar-refractivity contribution in [1.82, 2.24) is 5.32 Å². The molecule has 5 heteroatoms. The molecule has 0 saturated heterocycles. The number of nitrogens with zero attached hydrogens (tertiary/aromatic N) is 1. The van der Waals surface area contributed by atoms with Crippen LogP contribution in [0.2, 0.25) is 0 Å². The summed E-state index contributed by atoms with van der Waals surface area (Å²) in [5.41, 5.74) is 2.53. The van der Waals surface area contributed by atoms with E-state index in [-0.39, 0.29) is 0 Å². The number of halogens is 3. The lowest BCUT2D eigenvalue weighted by atomic mass is 10.1. The van der Waals surface area contributed by atoms with Crippen LogP contribution in [0.5, 0.6) is 0 Å². The van der Waals surface area contributed by atoms with Crippen molar-refractivity contribution >= 4 is 5.69 Å². The molecule has 0 aliphatic heterocycles. The summed E-state index contributed by atoms with van der Waals surface area (Å²) in [5.74, 6) is 0. The van der Waals surface area contributed by atoms with Gasteiger partial charge in [0.15, 0.2) is 0 Å². The number of rotatable bonds is 4. The Hall–Kier alpha value is -1.23. The standard InChI is InChI=1S/C12H17F3N2/c1-9-6-10(7-16-2)4-5-11(9)17(3)8-12(13,14)15/h4-6,16H,7-8H2,1-3H3. The SMILES string of the molecule is CNCc1ccc(N(C)CC(F)(F)F)c(C)c1. The third-order valence-electron chi connectivity index (χ3n) is 2.47. The maximum Gasteiger partial charge on any atom is 0.405 e. The Morgan fingerprint density at radius 3 is 2.41 bits per heavy atom. The summed E-state index contributed by atoms with van der Waals surface area (Å²) in [4.78, 5) is 1.22. The lowest BCUT2D eigenvalue weighted by Gasteiger charge is -2.23. The number of aryl methyl sites for hydroxylation is 1. The van der Waals surface area contributed by atoms with Crippen molar-refractivity contribution in [3.8, 4) is 0 Å². The van der Waals surface area contributed by atoms with Gasteiger partial charge in [-0.05, 0) is 31.2 Å². The Labute approximate surface area is 99.4 Å². The second-order valence-electron chi connectivity index (χ2n) is 4.12. The molecular formula is C12H17F3N2. The third kappa shape index (κ3) is 4.26. The van der Waals surface area contributed by atoms with Gasteiger partial charge < -0.3 is 10.2 Å². The van der Waals surface area contributed by atoms with Crippen LogP contribution in [0, 0.1) is 6.92 Å². The summed E-state index contributed by atoms with van der Waals surface area (Å²) in [6.07, 6.45) is -4.18. The van der Waals surface area contributed by atoms with E-state index >= 15 is 0 Å². The molecular weight excluding hydrogens is 229 g/mol. The van der Waals surface area contributed by atoms with Gasteiger partial charge in [0.2, 0.25) is 0 Å². The van der Waals surface area contributed by atoms with E-state index in [1.165, 1.54) is 11.9 Å². The van der Waals surface area contributed by atoms with Crippen LogP contribution >= 0.6 is 0 Å². The van der Waals surface area contributed by atoms with Crippen LogP contribution in [0.1, 0.15) is 11.1 Å². The Balaban J connectivity index is 2.84. The summed E-state index contributed by atoms with van der Waals surface area (Å²) in [5, 5.41) is 3.00. The van der Waals surface area contributed by atoms with Crippen molar-refractivity contribution < 1.29 is 13.2 Å². The molecule has 0 aromatic heterocycles. The fourth-order valence-corrected chi connectivity index (χ4v) is 1.81. The van der Waals surface area contributed by atoms with Crippen LogP contribution < -0.4 is 10.2 Å². The zero-order valence-corrected chi connectivity index (χ0v) is 10.2. The second kappa shape index (κ2) is 5.40. The highest BCUT2D eigenvalue weighted by molar-refractivity contribution is 5.54. The molecule has 0 saturated carbocycles. The molecule has 96 valence electrons. The molecule has 0 atom stereocenters. The fraction of sp³-hybridized carbons (Fsp3) is 0.500. The van der Waals surface area contributed by atoms with E-state index in [9.17, 15) is 13.2 Å². The molecule has 0 aliphatic rings. The Bertz CT molecular complexity index is 375. The minimum absolute atomic E-state index is 0.613. The van der Waals surface area contributed by atoms with E-state index in [1.54, 1.807) is 6.07 Å². The predicted molar refractivity (Wildman–Crippen MR) is 63.3 cm³/mol. The summed E-state index contributed by atoms with van der Waals surface area (Å²) in [7, 11) is 3.28. The maximum atomic E-state index is 12.3. The van der Waals surface area contributed by atoms with Gasteiger partial charge in [0.05, 0.1) is 0 Å². The van der Waals surface area contributed by atoms with Crippen molar-refractivity contribution in [3.63, 3.8) is 0 Å². The van der Waals surface area contributed by atoms with Crippen molar-refractivity contribution in [2.75, 3.05) is 25.5 Å². The number of anilines is 1. The summed E-state index contributed by atoms with van der Waals surface area (Å²) < 4.78 is 36.8. The van der Waals surface area contributed by atoms with Gasteiger partial charge >= 0.3 is 6.18 Å². The first-order valence-electron chi connectivity index (χ1n) is 5.35. The van der Waals surface area contributed by atoms with Crippen molar-refractivity contribution in [3.05, 3.63) is 29.3 Å². The van der Waals surface area contributed by atoms with Gasteiger partial charge in [-0.3, -0.25) is 0 Å². The van der Waals surface area contributed by atoms with Gasteiger partial charge in [-0.15, -0.1) is 0 Å². The highest BCUT2D eigenvalue weighted by atomic mass is 19.4. The van der Waals surface area contributed by atoms with Crippen LogP contribution in [0.4, 0.5) is 18.9 Å². The van der Waals surface area contributed by atoms with Gasteiger partial charge in [-0.2, -0.15) is 13.2 Å². The molecule has 2 nitrogen and oxygen atoms in total. The van der Waals surface area contributed by atoms with Gasteiger partial charge in [0.25, 0.3) is 0 Å². The molecule has 1 N–H and O–H groups in total. The van der Waals surface area contributed by atoms with Gasteiger partial charge in [0.1, 0.15) is 6.54 Å². The average molecular weight is 246 g/mol. The first-order chi connectivity index (χ1) is 7.83. The Kier molecular flexibility index (Phi) is 4.40. The molecule has 0 spiro atoms. The molecule has 17 heavy (non-hydrogen) atoms. The Morgan fingerprint density at radius 2 is 1.94 bits per heavy atom. The van der Waals surface area contributed by atoms with E-state index in [1.807, 2.05) is 26.1 Å². The minimum atomic E-state index is -4.18. The first kappa shape index (κ1) is 13.8.